The molecule has 2 N–H and O–H groups in total. The number of aliphatic hydroxyl groups excluding tert-OH is 2. The number of hydrogen-bond donors (Lipinski definition) is 2. The van der Waals surface area contributed by atoms with E-state index in [-0.39, 0.29) is 5.97 Å². The molecule has 5 nitrogen and oxygen atoms in total. The molecule has 0 aromatic rings. The summed E-state index contributed by atoms with van der Waals surface area (Å²) in [5.74, 6) is 11.6. The van der Waals surface area contributed by atoms with Crippen molar-refractivity contribution in [1.29, 1.82) is 0 Å². The highest BCUT2D eigenvalue weighted by atomic mass is 16.6. The molecule has 21 heavy (non-hydrogen) atoms. The quantitative estimate of drug-likeness (QED) is 0.409. The summed E-state index contributed by atoms with van der Waals surface area (Å²) in [4.78, 5) is 11.0. The number of hydrogen-bond acceptors (Lipinski definition) is 5. The van der Waals surface area contributed by atoms with Crippen LogP contribution in [0.2, 0.25) is 0 Å². The van der Waals surface area contributed by atoms with Crippen LogP contribution in [-0.2, 0) is 14.3 Å². The molecule has 0 radical (unpaired) electrons. The molecule has 0 aromatic carbocycles. The average molecular weight is 286 g/mol. The lowest BCUT2D eigenvalue weighted by Gasteiger charge is -2.14. The molecule has 0 spiro atoms. The van der Waals surface area contributed by atoms with Gasteiger partial charge < -0.3 is 19.7 Å². The third-order valence-electron chi connectivity index (χ3n) is 3.18. The lowest BCUT2D eigenvalue weighted by atomic mass is 10.0. The standard InChI is InChI=1S/C16H14O5/c1-2-3-4-5-6-7-8-11(17)15-16(21-15)14(19)12-9-10-13(18)20-12/h1,7-8,11-12,14-17,19H,9-10H2/b8-7-. The van der Waals surface area contributed by atoms with Gasteiger partial charge in [0.25, 0.3) is 0 Å². The molecule has 2 rings (SSSR count). The zero-order chi connectivity index (χ0) is 15.2. The minimum atomic E-state index is -0.919. The normalized spacial score (nSPS) is 29.4. The number of esters is 1. The summed E-state index contributed by atoms with van der Waals surface area (Å²) >= 11 is 0. The maximum Gasteiger partial charge on any atom is 0.306 e. The van der Waals surface area contributed by atoms with Gasteiger partial charge in [0.15, 0.2) is 0 Å². The Morgan fingerprint density at radius 3 is 2.76 bits per heavy atom. The highest BCUT2D eigenvalue weighted by molar-refractivity contribution is 5.71. The summed E-state index contributed by atoms with van der Waals surface area (Å²) in [6, 6.07) is 0. The van der Waals surface area contributed by atoms with Crippen LogP contribution < -0.4 is 0 Å². The summed E-state index contributed by atoms with van der Waals surface area (Å²) < 4.78 is 10.2. The number of rotatable bonds is 4. The summed E-state index contributed by atoms with van der Waals surface area (Å²) in [7, 11) is 0. The number of carbonyl (C=O) groups excluding carboxylic acids is 1. The van der Waals surface area contributed by atoms with E-state index in [4.69, 9.17) is 15.9 Å². The molecule has 0 aliphatic carbocycles. The zero-order valence-corrected chi connectivity index (χ0v) is 11.2. The smallest absolute Gasteiger partial charge is 0.306 e. The van der Waals surface area contributed by atoms with Crippen LogP contribution in [0.25, 0.3) is 0 Å². The van der Waals surface area contributed by atoms with E-state index < -0.39 is 30.5 Å². The molecule has 2 aliphatic heterocycles. The summed E-state index contributed by atoms with van der Waals surface area (Å²) in [6.07, 6.45) is 5.17. The second-order valence-electron chi connectivity index (χ2n) is 4.64. The summed E-state index contributed by atoms with van der Waals surface area (Å²) in [5, 5.41) is 19.8. The van der Waals surface area contributed by atoms with Gasteiger partial charge in [-0.15, -0.1) is 6.42 Å². The van der Waals surface area contributed by atoms with Crippen molar-refractivity contribution in [3.05, 3.63) is 12.2 Å². The maximum absolute atomic E-state index is 11.0. The Hall–Kier alpha value is -2.23. The van der Waals surface area contributed by atoms with Gasteiger partial charge in [0, 0.05) is 6.42 Å². The predicted octanol–water partition coefficient (Wildman–Crippen LogP) is -0.623. The third kappa shape index (κ3) is 4.12. The molecule has 5 heteroatoms. The van der Waals surface area contributed by atoms with Crippen LogP contribution in [0.5, 0.6) is 0 Å². The van der Waals surface area contributed by atoms with Crippen LogP contribution in [0.3, 0.4) is 0 Å². The van der Waals surface area contributed by atoms with Gasteiger partial charge in [-0.3, -0.25) is 4.79 Å². The molecule has 2 aliphatic rings. The van der Waals surface area contributed by atoms with Crippen molar-refractivity contribution in [2.24, 2.45) is 0 Å². The topological polar surface area (TPSA) is 79.3 Å². The van der Waals surface area contributed by atoms with Gasteiger partial charge in [-0.1, -0.05) is 5.92 Å². The van der Waals surface area contributed by atoms with Crippen LogP contribution in [0, 0.1) is 36.0 Å². The highest BCUT2D eigenvalue weighted by Crippen LogP contribution is 2.33. The molecular weight excluding hydrogens is 272 g/mol. The van der Waals surface area contributed by atoms with E-state index in [2.05, 4.69) is 29.6 Å². The molecule has 5 atom stereocenters. The monoisotopic (exact) mass is 286 g/mol. The predicted molar refractivity (Wildman–Crippen MR) is 73.3 cm³/mol. The fourth-order valence-electron chi connectivity index (χ4n) is 2.09. The second-order valence-corrected chi connectivity index (χ2v) is 4.64. The number of cyclic esters (lactones) is 1. The first kappa shape index (κ1) is 15.2. The lowest BCUT2D eigenvalue weighted by molar-refractivity contribution is -0.145. The fourth-order valence-corrected chi connectivity index (χ4v) is 2.09. The zero-order valence-electron chi connectivity index (χ0n) is 11.2. The summed E-state index contributed by atoms with van der Waals surface area (Å²) in [6.45, 7) is 0. The minimum absolute atomic E-state index is 0.301. The minimum Gasteiger partial charge on any atom is -0.459 e. The van der Waals surface area contributed by atoms with E-state index in [1.165, 1.54) is 12.2 Å². The molecule has 2 fully saturated rings. The van der Waals surface area contributed by atoms with E-state index in [1.807, 2.05) is 0 Å². The number of aliphatic hydroxyl groups is 2. The number of terminal acetylenes is 1. The van der Waals surface area contributed by atoms with Crippen molar-refractivity contribution >= 4 is 5.97 Å². The summed E-state index contributed by atoms with van der Waals surface area (Å²) in [5.41, 5.74) is 0. The maximum atomic E-state index is 11.0. The van der Waals surface area contributed by atoms with Crippen LogP contribution >= 0.6 is 0 Å². The second kappa shape index (κ2) is 6.97. The van der Waals surface area contributed by atoms with Gasteiger partial charge in [-0.25, -0.2) is 0 Å². The Labute approximate surface area is 122 Å². The first-order valence-corrected chi connectivity index (χ1v) is 6.47. The Morgan fingerprint density at radius 1 is 1.29 bits per heavy atom. The van der Waals surface area contributed by atoms with E-state index in [9.17, 15) is 15.0 Å². The van der Waals surface area contributed by atoms with Gasteiger partial charge in [0.2, 0.25) is 0 Å². The van der Waals surface area contributed by atoms with Gasteiger partial charge in [0.1, 0.15) is 30.5 Å². The molecule has 0 saturated carbocycles. The number of allylic oxidation sites excluding steroid dienone is 1. The molecular formula is C16H14O5. The Kier molecular flexibility index (Phi) is 5.04. The SMILES string of the molecule is C#CC#CC#C/C=C\C(O)C1OC1C(O)C1CCC(=O)O1. The molecule has 2 heterocycles. The van der Waals surface area contributed by atoms with Gasteiger partial charge in [-0.2, -0.15) is 0 Å². The largest absolute Gasteiger partial charge is 0.459 e. The Bertz CT molecular complexity index is 592. The van der Waals surface area contributed by atoms with Crippen molar-refractivity contribution in [3.63, 3.8) is 0 Å². The first-order chi connectivity index (χ1) is 10.1. The van der Waals surface area contributed by atoms with Gasteiger partial charge in [-0.05, 0) is 42.3 Å². The number of epoxide rings is 1. The average Bonchev–Trinajstić information content (AvgIpc) is 3.16. The van der Waals surface area contributed by atoms with E-state index in [1.54, 1.807) is 0 Å². The first-order valence-electron chi connectivity index (χ1n) is 6.47. The Morgan fingerprint density at radius 2 is 2.10 bits per heavy atom. The van der Waals surface area contributed by atoms with Crippen molar-refractivity contribution in [1.82, 2.24) is 0 Å². The molecule has 108 valence electrons. The van der Waals surface area contributed by atoms with Gasteiger partial charge >= 0.3 is 5.97 Å². The Balaban J connectivity index is 1.79. The molecule has 0 amide bonds. The third-order valence-corrected chi connectivity index (χ3v) is 3.18. The van der Waals surface area contributed by atoms with Crippen LogP contribution in [0.1, 0.15) is 12.8 Å². The lowest BCUT2D eigenvalue weighted by Crippen LogP contribution is -2.33. The fraction of sp³-hybridized carbons (Fsp3) is 0.438. The van der Waals surface area contributed by atoms with E-state index in [0.717, 1.165) is 0 Å². The van der Waals surface area contributed by atoms with Crippen molar-refractivity contribution in [3.8, 4) is 36.0 Å². The molecule has 2 saturated heterocycles. The van der Waals surface area contributed by atoms with Crippen LogP contribution in [0.4, 0.5) is 0 Å². The molecule has 0 bridgehead atoms. The number of ether oxygens (including phenoxy) is 2. The van der Waals surface area contributed by atoms with Crippen LogP contribution in [-0.4, -0.2) is 46.7 Å². The van der Waals surface area contributed by atoms with E-state index in [0.29, 0.717) is 12.8 Å². The molecule has 0 aromatic heterocycles. The van der Waals surface area contributed by atoms with Crippen molar-refractivity contribution in [2.75, 3.05) is 0 Å². The highest BCUT2D eigenvalue weighted by Gasteiger charge is 2.52. The van der Waals surface area contributed by atoms with Gasteiger partial charge in [0.05, 0.1) is 0 Å². The van der Waals surface area contributed by atoms with E-state index >= 15 is 0 Å². The van der Waals surface area contributed by atoms with Crippen LogP contribution in [0.15, 0.2) is 12.2 Å². The number of carbonyl (C=O) groups is 1. The van der Waals surface area contributed by atoms with Crippen molar-refractivity contribution < 1.29 is 24.5 Å². The molecule has 5 unspecified atom stereocenters. The van der Waals surface area contributed by atoms with Crippen molar-refractivity contribution in [2.45, 2.75) is 43.4 Å².